The Morgan fingerprint density at radius 1 is 1.10 bits per heavy atom. The van der Waals surface area contributed by atoms with Crippen molar-refractivity contribution in [3.05, 3.63) is 65.6 Å². The number of carbonyl (C=O) groups excluding carboxylic acids is 1. The molecule has 0 spiro atoms. The van der Waals surface area contributed by atoms with Crippen LogP contribution in [0.25, 0.3) is 10.9 Å². The van der Waals surface area contributed by atoms with Crippen molar-refractivity contribution >= 4 is 22.5 Å². The SMILES string of the molecule is Cc1ccc2c(NC(=O)c3cccnc3)ccnc2c1C. The van der Waals surface area contributed by atoms with E-state index in [0.29, 0.717) is 5.56 Å². The molecule has 4 nitrogen and oxygen atoms in total. The van der Waals surface area contributed by atoms with Crippen LogP contribution >= 0.6 is 0 Å². The largest absolute Gasteiger partial charge is 0.321 e. The number of aromatic nitrogens is 2. The smallest absolute Gasteiger partial charge is 0.257 e. The minimum Gasteiger partial charge on any atom is -0.321 e. The second-order valence-electron chi connectivity index (χ2n) is 4.96. The Hall–Kier alpha value is -2.75. The van der Waals surface area contributed by atoms with Crippen molar-refractivity contribution in [1.29, 1.82) is 0 Å². The van der Waals surface area contributed by atoms with Crippen LogP contribution in [0, 0.1) is 13.8 Å². The summed E-state index contributed by atoms with van der Waals surface area (Å²) in [5.74, 6) is -0.172. The monoisotopic (exact) mass is 277 g/mol. The molecule has 0 bridgehead atoms. The zero-order valence-electron chi connectivity index (χ0n) is 11.9. The van der Waals surface area contributed by atoms with Gasteiger partial charge in [-0.3, -0.25) is 14.8 Å². The summed E-state index contributed by atoms with van der Waals surface area (Å²) in [6.45, 7) is 4.09. The molecule has 2 heterocycles. The number of fused-ring (bicyclic) bond motifs is 1. The number of aryl methyl sites for hydroxylation is 2. The molecule has 0 radical (unpaired) electrons. The van der Waals surface area contributed by atoms with Gasteiger partial charge < -0.3 is 5.32 Å². The molecule has 0 fully saturated rings. The molecule has 4 heteroatoms. The van der Waals surface area contributed by atoms with Crippen molar-refractivity contribution in [2.75, 3.05) is 5.32 Å². The number of carbonyl (C=O) groups is 1. The maximum Gasteiger partial charge on any atom is 0.257 e. The molecule has 0 saturated heterocycles. The van der Waals surface area contributed by atoms with Gasteiger partial charge in [0.05, 0.1) is 16.8 Å². The molecule has 104 valence electrons. The summed E-state index contributed by atoms with van der Waals surface area (Å²) < 4.78 is 0. The quantitative estimate of drug-likeness (QED) is 0.780. The first-order valence-corrected chi connectivity index (χ1v) is 6.73. The topological polar surface area (TPSA) is 54.9 Å². The molecule has 1 N–H and O–H groups in total. The first-order chi connectivity index (χ1) is 10.2. The average Bonchev–Trinajstić information content (AvgIpc) is 2.52. The molecule has 0 aliphatic carbocycles. The van der Waals surface area contributed by atoms with E-state index < -0.39 is 0 Å². The molecule has 2 aromatic heterocycles. The Bertz CT molecular complexity index is 813. The van der Waals surface area contributed by atoms with E-state index in [-0.39, 0.29) is 5.91 Å². The highest BCUT2D eigenvalue weighted by molar-refractivity contribution is 6.08. The van der Waals surface area contributed by atoms with Gasteiger partial charge in [0.1, 0.15) is 0 Å². The predicted molar refractivity (Wildman–Crippen MR) is 83.4 cm³/mol. The molecule has 1 amide bonds. The predicted octanol–water partition coefficient (Wildman–Crippen LogP) is 3.50. The Kier molecular flexibility index (Phi) is 3.36. The number of nitrogens with one attached hydrogen (secondary N) is 1. The molecule has 3 rings (SSSR count). The van der Waals surface area contributed by atoms with Crippen LogP contribution in [0.1, 0.15) is 21.5 Å². The van der Waals surface area contributed by atoms with Crippen molar-refractivity contribution in [3.63, 3.8) is 0 Å². The average molecular weight is 277 g/mol. The van der Waals surface area contributed by atoms with Crippen molar-refractivity contribution < 1.29 is 4.79 Å². The van der Waals surface area contributed by atoms with Crippen LogP contribution in [0.15, 0.2) is 48.9 Å². The van der Waals surface area contributed by atoms with E-state index in [2.05, 4.69) is 22.2 Å². The molecule has 1 aromatic carbocycles. The summed E-state index contributed by atoms with van der Waals surface area (Å²) in [7, 11) is 0. The summed E-state index contributed by atoms with van der Waals surface area (Å²) in [5, 5.41) is 3.87. The van der Waals surface area contributed by atoms with E-state index in [1.807, 2.05) is 25.1 Å². The van der Waals surface area contributed by atoms with Crippen LogP contribution in [-0.2, 0) is 0 Å². The van der Waals surface area contributed by atoms with Crippen LogP contribution in [0.2, 0.25) is 0 Å². The maximum absolute atomic E-state index is 12.2. The molecule has 0 aliphatic rings. The fraction of sp³-hybridized carbons (Fsp3) is 0.118. The number of nitrogens with zero attached hydrogens (tertiary/aromatic N) is 2. The Balaban J connectivity index is 2.02. The highest BCUT2D eigenvalue weighted by Gasteiger charge is 2.10. The van der Waals surface area contributed by atoms with Gasteiger partial charge in [0.2, 0.25) is 0 Å². The van der Waals surface area contributed by atoms with Gasteiger partial charge >= 0.3 is 0 Å². The molecule has 0 saturated carbocycles. The van der Waals surface area contributed by atoms with Gasteiger partial charge in [-0.2, -0.15) is 0 Å². The highest BCUT2D eigenvalue weighted by atomic mass is 16.1. The van der Waals surface area contributed by atoms with Gasteiger partial charge in [-0.25, -0.2) is 0 Å². The van der Waals surface area contributed by atoms with Gasteiger partial charge in [-0.15, -0.1) is 0 Å². The fourth-order valence-electron chi connectivity index (χ4n) is 2.26. The van der Waals surface area contributed by atoms with Crippen LogP contribution in [0.5, 0.6) is 0 Å². The lowest BCUT2D eigenvalue weighted by atomic mass is 10.0. The van der Waals surface area contributed by atoms with E-state index in [1.165, 1.54) is 5.56 Å². The molecule has 0 atom stereocenters. The number of benzene rings is 1. The van der Waals surface area contributed by atoms with Crippen LogP contribution in [0.4, 0.5) is 5.69 Å². The number of hydrogen-bond donors (Lipinski definition) is 1. The van der Waals surface area contributed by atoms with E-state index in [9.17, 15) is 4.79 Å². The van der Waals surface area contributed by atoms with Crippen LogP contribution in [-0.4, -0.2) is 15.9 Å². The molecular weight excluding hydrogens is 262 g/mol. The summed E-state index contributed by atoms with van der Waals surface area (Å²) in [6, 6.07) is 9.32. The first kappa shape index (κ1) is 13.2. The van der Waals surface area contributed by atoms with Crippen LogP contribution in [0.3, 0.4) is 0 Å². The second-order valence-corrected chi connectivity index (χ2v) is 4.96. The van der Waals surface area contributed by atoms with E-state index >= 15 is 0 Å². The lowest BCUT2D eigenvalue weighted by Gasteiger charge is -2.10. The normalized spacial score (nSPS) is 10.6. The molecule has 3 aromatic rings. The number of anilines is 1. The number of pyridine rings is 2. The van der Waals surface area contributed by atoms with Gasteiger partial charge in [-0.05, 0) is 43.2 Å². The molecule has 0 aliphatic heterocycles. The maximum atomic E-state index is 12.2. The minimum absolute atomic E-state index is 0.172. The Morgan fingerprint density at radius 3 is 2.71 bits per heavy atom. The molecule has 0 unspecified atom stereocenters. The number of hydrogen-bond acceptors (Lipinski definition) is 3. The minimum atomic E-state index is -0.172. The number of amides is 1. The summed E-state index contributed by atoms with van der Waals surface area (Å²) >= 11 is 0. The number of rotatable bonds is 2. The fourth-order valence-corrected chi connectivity index (χ4v) is 2.26. The summed E-state index contributed by atoms with van der Waals surface area (Å²) in [4.78, 5) is 20.6. The van der Waals surface area contributed by atoms with E-state index in [4.69, 9.17) is 0 Å². The zero-order chi connectivity index (χ0) is 14.8. The Labute approximate surface area is 122 Å². The van der Waals surface area contributed by atoms with Crippen molar-refractivity contribution in [3.8, 4) is 0 Å². The third kappa shape index (κ3) is 2.48. The second kappa shape index (κ2) is 5.32. The molecule has 21 heavy (non-hydrogen) atoms. The van der Waals surface area contributed by atoms with Gasteiger partial charge in [-0.1, -0.05) is 12.1 Å². The van der Waals surface area contributed by atoms with Gasteiger partial charge in [0.25, 0.3) is 5.91 Å². The summed E-state index contributed by atoms with van der Waals surface area (Å²) in [6.07, 6.45) is 4.91. The Morgan fingerprint density at radius 2 is 1.95 bits per heavy atom. The first-order valence-electron chi connectivity index (χ1n) is 6.73. The third-order valence-corrected chi connectivity index (χ3v) is 3.61. The van der Waals surface area contributed by atoms with Crippen molar-refractivity contribution in [1.82, 2.24) is 9.97 Å². The van der Waals surface area contributed by atoms with Gasteiger partial charge in [0.15, 0.2) is 0 Å². The third-order valence-electron chi connectivity index (χ3n) is 3.61. The summed E-state index contributed by atoms with van der Waals surface area (Å²) in [5.41, 5.74) is 4.53. The highest BCUT2D eigenvalue weighted by Crippen LogP contribution is 2.26. The zero-order valence-corrected chi connectivity index (χ0v) is 11.9. The standard InChI is InChI=1S/C17H15N3O/c1-11-5-6-14-15(7-9-19-16(14)12(11)2)20-17(21)13-4-3-8-18-10-13/h3-10H,1-2H3,(H,19,20,21). The lowest BCUT2D eigenvalue weighted by molar-refractivity contribution is 0.102. The van der Waals surface area contributed by atoms with E-state index in [1.54, 1.807) is 30.7 Å². The van der Waals surface area contributed by atoms with Crippen LogP contribution < -0.4 is 5.32 Å². The van der Waals surface area contributed by atoms with Crippen molar-refractivity contribution in [2.24, 2.45) is 0 Å². The molecular formula is C17H15N3O. The van der Waals surface area contributed by atoms with Crippen molar-refractivity contribution in [2.45, 2.75) is 13.8 Å². The van der Waals surface area contributed by atoms with Gasteiger partial charge in [0, 0.05) is 24.0 Å². The van der Waals surface area contributed by atoms with E-state index in [0.717, 1.165) is 22.2 Å². The lowest BCUT2D eigenvalue weighted by Crippen LogP contribution is -2.12.